The summed E-state index contributed by atoms with van der Waals surface area (Å²) in [6.45, 7) is 2.01. The molecule has 3 N–H and O–H groups in total. The Kier molecular flexibility index (Phi) is 6.20. The van der Waals surface area contributed by atoms with Gasteiger partial charge in [-0.15, -0.1) is 0 Å². The van der Waals surface area contributed by atoms with Crippen LogP contribution in [0, 0.1) is 6.92 Å². The first-order chi connectivity index (χ1) is 13.0. The van der Waals surface area contributed by atoms with E-state index >= 15 is 0 Å². The molecule has 4 rings (SSSR count). The van der Waals surface area contributed by atoms with Gasteiger partial charge in [-0.05, 0) is 31.9 Å². The number of carboxylic acids is 1. The number of pyridine rings is 1. The van der Waals surface area contributed by atoms with Gasteiger partial charge in [-0.2, -0.15) is 0 Å². The Morgan fingerprint density at radius 2 is 1.70 bits per heavy atom. The van der Waals surface area contributed by atoms with E-state index in [1.165, 1.54) is 32.1 Å². The highest BCUT2D eigenvalue weighted by Crippen LogP contribution is 2.25. The van der Waals surface area contributed by atoms with Crippen LogP contribution >= 0.6 is 0 Å². The number of aryl methyl sites for hydroxylation is 1. The van der Waals surface area contributed by atoms with Crippen molar-refractivity contribution in [2.45, 2.75) is 45.1 Å². The van der Waals surface area contributed by atoms with Gasteiger partial charge in [-0.1, -0.05) is 67.3 Å². The lowest BCUT2D eigenvalue weighted by Crippen LogP contribution is -2.22. The van der Waals surface area contributed by atoms with Crippen molar-refractivity contribution in [2.75, 3.05) is 0 Å². The average molecular weight is 362 g/mol. The Hall–Kier alpha value is -2.72. The van der Waals surface area contributed by atoms with E-state index < -0.39 is 5.97 Å². The zero-order valence-corrected chi connectivity index (χ0v) is 15.7. The van der Waals surface area contributed by atoms with Crippen molar-refractivity contribution < 1.29 is 9.90 Å². The average Bonchev–Trinajstić information content (AvgIpc) is 2.68. The molecule has 0 aliphatic heterocycles. The molecule has 3 aromatic rings. The first kappa shape index (κ1) is 19.1. The molecule has 1 aliphatic rings. The maximum absolute atomic E-state index is 11.4. The van der Waals surface area contributed by atoms with Crippen LogP contribution in [0.4, 0.5) is 0 Å². The highest BCUT2D eigenvalue weighted by atomic mass is 16.4. The van der Waals surface area contributed by atoms with E-state index in [0.717, 1.165) is 11.1 Å². The standard InChI is InChI=1S/C17H13NO2.C6H13N/c1-11-6-8-12(9-7-11)16-10-14(17(19)20)13-4-2-3-5-15(13)18-16;7-6-4-2-1-3-5-6/h2-10H,1H3,(H,19,20);6H,1-5,7H2. The quantitative estimate of drug-likeness (QED) is 0.658. The molecule has 27 heavy (non-hydrogen) atoms. The van der Waals surface area contributed by atoms with Crippen molar-refractivity contribution in [1.29, 1.82) is 0 Å². The van der Waals surface area contributed by atoms with E-state index in [-0.39, 0.29) is 5.56 Å². The van der Waals surface area contributed by atoms with Gasteiger partial charge in [0.05, 0.1) is 16.8 Å². The molecule has 140 valence electrons. The molecular formula is C23H26N2O2. The highest BCUT2D eigenvalue weighted by Gasteiger charge is 2.12. The van der Waals surface area contributed by atoms with Crippen LogP contribution in [0.2, 0.25) is 0 Å². The van der Waals surface area contributed by atoms with Gasteiger partial charge >= 0.3 is 5.97 Å². The number of para-hydroxylation sites is 1. The Bertz CT molecular complexity index is 913. The fourth-order valence-electron chi connectivity index (χ4n) is 3.36. The molecular weight excluding hydrogens is 336 g/mol. The molecule has 2 aromatic carbocycles. The molecule has 0 atom stereocenters. The van der Waals surface area contributed by atoms with Crippen LogP contribution in [-0.2, 0) is 0 Å². The van der Waals surface area contributed by atoms with E-state index in [9.17, 15) is 9.90 Å². The SMILES string of the molecule is Cc1ccc(-c2cc(C(=O)O)c3ccccc3n2)cc1.NC1CCCCC1. The molecule has 4 nitrogen and oxygen atoms in total. The van der Waals surface area contributed by atoms with Gasteiger partial charge in [-0.25, -0.2) is 9.78 Å². The number of benzene rings is 2. The third-order valence-electron chi connectivity index (χ3n) is 4.94. The second-order valence-corrected chi connectivity index (χ2v) is 7.14. The Labute approximate surface area is 160 Å². The van der Waals surface area contributed by atoms with Crippen LogP contribution < -0.4 is 5.73 Å². The third-order valence-corrected chi connectivity index (χ3v) is 4.94. The number of carboxylic acid groups (broad SMARTS) is 1. The van der Waals surface area contributed by atoms with Crippen LogP contribution in [0.15, 0.2) is 54.6 Å². The van der Waals surface area contributed by atoms with Gasteiger partial charge in [-0.3, -0.25) is 0 Å². The normalized spacial score (nSPS) is 14.4. The number of nitrogens with two attached hydrogens (primary N) is 1. The molecule has 4 heteroatoms. The van der Waals surface area contributed by atoms with E-state index in [0.29, 0.717) is 22.6 Å². The number of hydrogen-bond donors (Lipinski definition) is 2. The van der Waals surface area contributed by atoms with Crippen LogP contribution in [0.1, 0.15) is 48.0 Å². The summed E-state index contributed by atoms with van der Waals surface area (Å²) in [7, 11) is 0. The largest absolute Gasteiger partial charge is 0.478 e. The fourth-order valence-corrected chi connectivity index (χ4v) is 3.36. The number of aromatic nitrogens is 1. The summed E-state index contributed by atoms with van der Waals surface area (Å²) in [5.74, 6) is -0.933. The third kappa shape index (κ3) is 4.92. The van der Waals surface area contributed by atoms with E-state index in [2.05, 4.69) is 4.98 Å². The van der Waals surface area contributed by atoms with Crippen LogP contribution in [0.5, 0.6) is 0 Å². The van der Waals surface area contributed by atoms with Gasteiger partial charge in [0.25, 0.3) is 0 Å². The van der Waals surface area contributed by atoms with Crippen molar-refractivity contribution in [3.8, 4) is 11.3 Å². The zero-order valence-electron chi connectivity index (χ0n) is 15.7. The minimum Gasteiger partial charge on any atom is -0.478 e. The van der Waals surface area contributed by atoms with E-state index in [1.807, 2.05) is 49.4 Å². The molecule has 1 fully saturated rings. The summed E-state index contributed by atoms with van der Waals surface area (Å²) in [5, 5.41) is 10.0. The maximum Gasteiger partial charge on any atom is 0.336 e. The lowest BCUT2D eigenvalue weighted by atomic mass is 9.97. The minimum absolute atomic E-state index is 0.283. The van der Waals surface area contributed by atoms with Gasteiger partial charge < -0.3 is 10.8 Å². The van der Waals surface area contributed by atoms with Gasteiger partial charge in [0.2, 0.25) is 0 Å². The summed E-state index contributed by atoms with van der Waals surface area (Å²) >= 11 is 0. The van der Waals surface area contributed by atoms with E-state index in [1.54, 1.807) is 12.1 Å². The molecule has 1 heterocycles. The Morgan fingerprint density at radius 3 is 2.30 bits per heavy atom. The summed E-state index contributed by atoms with van der Waals surface area (Å²) in [4.78, 5) is 16.0. The Morgan fingerprint density at radius 1 is 1.04 bits per heavy atom. The van der Waals surface area contributed by atoms with Gasteiger partial charge in [0.1, 0.15) is 0 Å². The molecule has 0 radical (unpaired) electrons. The molecule has 1 saturated carbocycles. The minimum atomic E-state index is -0.933. The van der Waals surface area contributed by atoms with Crippen LogP contribution in [0.3, 0.4) is 0 Å². The first-order valence-corrected chi connectivity index (χ1v) is 9.50. The summed E-state index contributed by atoms with van der Waals surface area (Å²) in [6, 6.07) is 17.4. The molecule has 1 aromatic heterocycles. The topological polar surface area (TPSA) is 76.2 Å². The number of nitrogens with zero attached hydrogens (tertiary/aromatic N) is 1. The fraction of sp³-hybridized carbons (Fsp3) is 0.304. The molecule has 0 amide bonds. The molecule has 1 aliphatic carbocycles. The van der Waals surface area contributed by atoms with Gasteiger partial charge in [0, 0.05) is 17.0 Å². The monoisotopic (exact) mass is 362 g/mol. The molecule has 0 unspecified atom stereocenters. The zero-order chi connectivity index (χ0) is 19.2. The van der Waals surface area contributed by atoms with Crippen molar-refractivity contribution in [3.63, 3.8) is 0 Å². The maximum atomic E-state index is 11.4. The van der Waals surface area contributed by atoms with Crippen LogP contribution in [-0.4, -0.2) is 22.1 Å². The van der Waals surface area contributed by atoms with Crippen LogP contribution in [0.25, 0.3) is 22.2 Å². The first-order valence-electron chi connectivity index (χ1n) is 9.50. The van der Waals surface area contributed by atoms with Crippen molar-refractivity contribution >= 4 is 16.9 Å². The molecule has 0 spiro atoms. The van der Waals surface area contributed by atoms with E-state index in [4.69, 9.17) is 5.73 Å². The summed E-state index contributed by atoms with van der Waals surface area (Å²) in [5.41, 5.74) is 9.38. The number of carbonyl (C=O) groups is 1. The predicted octanol–water partition coefficient (Wildman–Crippen LogP) is 5.19. The highest BCUT2D eigenvalue weighted by molar-refractivity contribution is 6.03. The number of rotatable bonds is 2. The smallest absolute Gasteiger partial charge is 0.336 e. The van der Waals surface area contributed by atoms with Crippen molar-refractivity contribution in [2.24, 2.45) is 5.73 Å². The molecule has 0 bridgehead atoms. The van der Waals surface area contributed by atoms with Crippen molar-refractivity contribution in [3.05, 3.63) is 65.7 Å². The lowest BCUT2D eigenvalue weighted by Gasteiger charge is -2.15. The molecule has 0 saturated heterocycles. The predicted molar refractivity (Wildman–Crippen MR) is 110 cm³/mol. The second-order valence-electron chi connectivity index (χ2n) is 7.14. The second kappa shape index (κ2) is 8.78. The number of aromatic carboxylic acids is 1. The van der Waals surface area contributed by atoms with Gasteiger partial charge in [0.15, 0.2) is 0 Å². The summed E-state index contributed by atoms with van der Waals surface area (Å²) < 4.78 is 0. The lowest BCUT2D eigenvalue weighted by molar-refractivity contribution is 0.0699. The summed E-state index contributed by atoms with van der Waals surface area (Å²) in [6.07, 6.45) is 6.66. The number of hydrogen-bond acceptors (Lipinski definition) is 3. The Balaban J connectivity index is 0.000000253. The number of fused-ring (bicyclic) bond motifs is 1. The van der Waals surface area contributed by atoms with Crippen molar-refractivity contribution in [1.82, 2.24) is 4.98 Å².